The minimum absolute atomic E-state index is 0.304. The molecular formula is C36H42O6. The molecule has 0 saturated heterocycles. The van der Waals surface area contributed by atoms with Crippen LogP contribution in [0.5, 0.6) is 0 Å². The van der Waals surface area contributed by atoms with Crippen LogP contribution in [0.15, 0.2) is 129 Å². The number of ether oxygens (including phenoxy) is 6. The molecule has 3 aromatic rings. The number of hydrogen-bond donors (Lipinski definition) is 0. The highest BCUT2D eigenvalue weighted by molar-refractivity contribution is 5.16. The zero-order valence-electron chi connectivity index (χ0n) is 24.2. The number of benzene rings is 3. The van der Waals surface area contributed by atoms with Crippen molar-refractivity contribution in [2.24, 2.45) is 0 Å². The Morgan fingerprint density at radius 3 is 0.857 bits per heavy atom. The van der Waals surface area contributed by atoms with Gasteiger partial charge in [-0.3, -0.25) is 0 Å². The van der Waals surface area contributed by atoms with Crippen LogP contribution in [0.25, 0.3) is 0 Å². The molecule has 0 aliphatic heterocycles. The second kappa shape index (κ2) is 17.6. The zero-order valence-corrected chi connectivity index (χ0v) is 24.2. The molecule has 6 nitrogen and oxygen atoms in total. The van der Waals surface area contributed by atoms with Crippen molar-refractivity contribution in [1.29, 1.82) is 0 Å². The molecule has 42 heavy (non-hydrogen) atoms. The van der Waals surface area contributed by atoms with Crippen LogP contribution in [0.3, 0.4) is 0 Å². The van der Waals surface area contributed by atoms with Gasteiger partial charge in [0, 0.05) is 0 Å². The summed E-state index contributed by atoms with van der Waals surface area (Å²) in [6.07, 6.45) is 1.89. The van der Waals surface area contributed by atoms with Gasteiger partial charge in [-0.1, -0.05) is 109 Å². The van der Waals surface area contributed by atoms with Crippen molar-refractivity contribution < 1.29 is 28.4 Å². The molecule has 1 aliphatic carbocycles. The lowest BCUT2D eigenvalue weighted by Crippen LogP contribution is -2.67. The minimum Gasteiger partial charge on any atom is -0.369 e. The number of hydrogen-bond acceptors (Lipinski definition) is 6. The van der Waals surface area contributed by atoms with Gasteiger partial charge in [0.1, 0.15) is 36.6 Å². The highest BCUT2D eigenvalue weighted by Gasteiger charge is 2.54. The topological polar surface area (TPSA) is 55.4 Å². The van der Waals surface area contributed by atoms with Crippen LogP contribution in [-0.4, -0.2) is 56.4 Å². The standard InChI is InChI=1S/C36H42O6/c1-4-22-37-31-32(38-23-5-2)35(41-26-29-18-12-8-13-19-29)36(42-27-30-20-14-9-15-21-30)33(39-24-6-3)34(31)40-25-28-16-10-7-11-17-28/h4-21,31-36H,1-3,22-27H2/t31-,32-,33-,34-,35+,36+/m0/s1. The maximum atomic E-state index is 6.68. The van der Waals surface area contributed by atoms with Crippen LogP contribution in [0.2, 0.25) is 0 Å². The van der Waals surface area contributed by atoms with E-state index in [0.29, 0.717) is 39.6 Å². The molecule has 0 N–H and O–H groups in total. The van der Waals surface area contributed by atoms with Gasteiger partial charge in [-0.2, -0.15) is 0 Å². The predicted octanol–water partition coefficient (Wildman–Crippen LogP) is 6.47. The fourth-order valence-corrected chi connectivity index (χ4v) is 5.10. The molecule has 3 aromatic carbocycles. The van der Waals surface area contributed by atoms with Gasteiger partial charge in [-0.25, -0.2) is 0 Å². The second-order valence-electron chi connectivity index (χ2n) is 10.0. The van der Waals surface area contributed by atoms with Gasteiger partial charge in [0.25, 0.3) is 0 Å². The Balaban J connectivity index is 1.72. The highest BCUT2D eigenvalue weighted by atomic mass is 16.6. The summed E-state index contributed by atoms with van der Waals surface area (Å²) < 4.78 is 39.2. The normalized spacial score (nSPS) is 23.7. The maximum absolute atomic E-state index is 6.68. The summed E-state index contributed by atoms with van der Waals surface area (Å²) in [5.41, 5.74) is 3.11. The molecular weight excluding hydrogens is 528 g/mol. The molecule has 0 heterocycles. The largest absolute Gasteiger partial charge is 0.369 e. The predicted molar refractivity (Wildman–Crippen MR) is 165 cm³/mol. The second-order valence-corrected chi connectivity index (χ2v) is 10.0. The minimum atomic E-state index is -0.548. The molecule has 4 rings (SSSR count). The Hall–Kier alpha value is -3.36. The quantitative estimate of drug-likeness (QED) is 0.164. The van der Waals surface area contributed by atoms with Crippen molar-refractivity contribution in [3.05, 3.63) is 146 Å². The first-order chi connectivity index (χ1) is 20.7. The summed E-state index contributed by atoms with van der Waals surface area (Å²) in [6, 6.07) is 30.1. The van der Waals surface area contributed by atoms with Crippen LogP contribution in [0.1, 0.15) is 16.7 Å². The van der Waals surface area contributed by atoms with Gasteiger partial charge in [-0.05, 0) is 16.7 Å². The Labute approximate surface area is 250 Å². The van der Waals surface area contributed by atoms with Crippen LogP contribution in [-0.2, 0) is 48.2 Å². The summed E-state index contributed by atoms with van der Waals surface area (Å²) in [7, 11) is 0. The fourth-order valence-electron chi connectivity index (χ4n) is 5.10. The van der Waals surface area contributed by atoms with Gasteiger partial charge in [0.05, 0.1) is 39.6 Å². The lowest BCUT2D eigenvalue weighted by Gasteiger charge is -2.49. The van der Waals surface area contributed by atoms with E-state index in [9.17, 15) is 0 Å². The van der Waals surface area contributed by atoms with E-state index in [0.717, 1.165) is 16.7 Å². The van der Waals surface area contributed by atoms with E-state index in [2.05, 4.69) is 19.7 Å². The van der Waals surface area contributed by atoms with Crippen LogP contribution < -0.4 is 0 Å². The smallest absolute Gasteiger partial charge is 0.116 e. The molecule has 1 saturated carbocycles. The van der Waals surface area contributed by atoms with Gasteiger partial charge >= 0.3 is 0 Å². The SMILES string of the molecule is C=CCO[C@H]1[C@H](OCC=C)[C@@H](OCc2ccccc2)[C@H](OCc2ccccc2)[C@@H](OCC=C)[C@H]1OCc1ccccc1. The summed E-state index contributed by atoms with van der Waals surface area (Å²) in [5, 5.41) is 0. The van der Waals surface area contributed by atoms with Crippen molar-refractivity contribution >= 4 is 0 Å². The third kappa shape index (κ3) is 9.07. The van der Waals surface area contributed by atoms with E-state index >= 15 is 0 Å². The molecule has 0 unspecified atom stereocenters. The fraction of sp³-hybridized carbons (Fsp3) is 0.333. The summed E-state index contributed by atoms with van der Waals surface area (Å²) >= 11 is 0. The average molecular weight is 571 g/mol. The Kier molecular flexibility index (Phi) is 13.2. The van der Waals surface area contributed by atoms with Crippen LogP contribution >= 0.6 is 0 Å². The van der Waals surface area contributed by atoms with E-state index in [1.807, 2.05) is 91.0 Å². The molecule has 0 aromatic heterocycles. The molecule has 0 bridgehead atoms. The average Bonchev–Trinajstić information content (AvgIpc) is 3.04. The van der Waals surface area contributed by atoms with E-state index in [-0.39, 0.29) is 0 Å². The van der Waals surface area contributed by atoms with E-state index in [1.165, 1.54) is 0 Å². The van der Waals surface area contributed by atoms with Crippen molar-refractivity contribution in [1.82, 2.24) is 0 Å². The molecule has 222 valence electrons. The van der Waals surface area contributed by atoms with Crippen molar-refractivity contribution in [2.75, 3.05) is 19.8 Å². The van der Waals surface area contributed by atoms with E-state index < -0.39 is 36.6 Å². The monoisotopic (exact) mass is 570 g/mol. The van der Waals surface area contributed by atoms with E-state index in [1.54, 1.807) is 18.2 Å². The molecule has 0 spiro atoms. The first-order valence-electron chi connectivity index (χ1n) is 14.4. The lowest BCUT2D eigenvalue weighted by atomic mass is 9.83. The van der Waals surface area contributed by atoms with Crippen LogP contribution in [0.4, 0.5) is 0 Å². The zero-order chi connectivity index (χ0) is 29.4. The lowest BCUT2D eigenvalue weighted by molar-refractivity contribution is -0.283. The molecule has 0 amide bonds. The van der Waals surface area contributed by atoms with Gasteiger partial charge in [0.2, 0.25) is 0 Å². The third-order valence-electron chi connectivity index (χ3n) is 7.02. The molecule has 0 radical (unpaired) electrons. The van der Waals surface area contributed by atoms with Crippen molar-refractivity contribution in [3.8, 4) is 0 Å². The van der Waals surface area contributed by atoms with Gasteiger partial charge < -0.3 is 28.4 Å². The summed E-state index contributed by atoms with van der Waals surface area (Å²) in [4.78, 5) is 0. The Morgan fingerprint density at radius 2 is 0.619 bits per heavy atom. The van der Waals surface area contributed by atoms with Crippen LogP contribution in [0, 0.1) is 0 Å². The highest BCUT2D eigenvalue weighted by Crippen LogP contribution is 2.35. The summed E-state index contributed by atoms with van der Waals surface area (Å²) in [6.45, 7) is 13.6. The molecule has 6 atom stereocenters. The molecule has 6 heteroatoms. The first kappa shape index (κ1) is 31.6. The molecule has 1 fully saturated rings. The van der Waals surface area contributed by atoms with E-state index in [4.69, 9.17) is 28.4 Å². The molecule has 1 aliphatic rings. The van der Waals surface area contributed by atoms with Crippen molar-refractivity contribution in [2.45, 2.75) is 56.4 Å². The van der Waals surface area contributed by atoms with Gasteiger partial charge in [-0.15, -0.1) is 19.7 Å². The first-order valence-corrected chi connectivity index (χ1v) is 14.4. The van der Waals surface area contributed by atoms with Crippen molar-refractivity contribution in [3.63, 3.8) is 0 Å². The number of rotatable bonds is 18. The summed E-state index contributed by atoms with van der Waals surface area (Å²) in [5.74, 6) is 0. The van der Waals surface area contributed by atoms with Gasteiger partial charge in [0.15, 0.2) is 0 Å². The Bertz CT molecular complexity index is 1190. The third-order valence-corrected chi connectivity index (χ3v) is 7.02. The Morgan fingerprint density at radius 1 is 0.381 bits per heavy atom. The maximum Gasteiger partial charge on any atom is 0.116 e.